The Morgan fingerprint density at radius 2 is 2.29 bits per heavy atom. The average Bonchev–Trinajstić information content (AvgIpc) is 2.35. The third kappa shape index (κ3) is 2.62. The number of nitrogens with two attached hydrogens (primary N) is 1. The molecule has 17 heavy (non-hydrogen) atoms. The van der Waals surface area contributed by atoms with Crippen molar-refractivity contribution in [2.75, 3.05) is 20.3 Å². The summed E-state index contributed by atoms with van der Waals surface area (Å²) in [6.07, 6.45) is 0.0969. The van der Waals surface area contributed by atoms with Crippen molar-refractivity contribution in [1.82, 2.24) is 0 Å². The zero-order chi connectivity index (χ0) is 12.9. The molecule has 0 heterocycles. The number of hydrogen-bond acceptors (Lipinski definition) is 4. The van der Waals surface area contributed by atoms with Crippen molar-refractivity contribution < 1.29 is 19.0 Å². The second-order valence-corrected chi connectivity index (χ2v) is 3.76. The molecule has 0 saturated heterocycles. The third-order valence-electron chi connectivity index (χ3n) is 2.84. The van der Waals surface area contributed by atoms with E-state index in [9.17, 15) is 9.18 Å². The number of ether oxygens (including phenoxy) is 1. The van der Waals surface area contributed by atoms with Crippen LogP contribution in [0.4, 0.5) is 4.39 Å². The topological polar surface area (TPSA) is 72.5 Å². The zero-order valence-electron chi connectivity index (χ0n) is 9.65. The van der Waals surface area contributed by atoms with Crippen LogP contribution in [-0.4, -0.2) is 31.3 Å². The molecular weight excluding hydrogens is 225 g/mol. The molecule has 0 aromatic heterocycles. The van der Waals surface area contributed by atoms with Crippen LogP contribution < -0.4 is 5.73 Å². The predicted octanol–water partition coefficient (Wildman–Crippen LogP) is 0.578. The summed E-state index contributed by atoms with van der Waals surface area (Å²) >= 11 is 0. The summed E-state index contributed by atoms with van der Waals surface area (Å²) in [4.78, 5) is 11.8. The monoisotopic (exact) mass is 241 g/mol. The third-order valence-corrected chi connectivity index (χ3v) is 2.84. The second kappa shape index (κ2) is 5.75. The molecule has 1 unspecified atom stereocenters. The number of hydrogen-bond donors (Lipinski definition) is 2. The molecule has 0 bridgehead atoms. The highest BCUT2D eigenvalue weighted by Gasteiger charge is 2.39. The Labute approximate surface area is 99.2 Å². The SMILES string of the molecule is COC(=O)C(CN)(CCO)c1cccc(F)c1. The van der Waals surface area contributed by atoms with Crippen molar-refractivity contribution in [3.8, 4) is 0 Å². The molecule has 94 valence electrons. The number of halogens is 1. The van der Waals surface area contributed by atoms with E-state index in [1.165, 1.54) is 25.3 Å². The molecule has 5 heteroatoms. The molecule has 4 nitrogen and oxygen atoms in total. The first-order valence-corrected chi connectivity index (χ1v) is 5.26. The maximum Gasteiger partial charge on any atom is 0.317 e. The minimum Gasteiger partial charge on any atom is -0.468 e. The van der Waals surface area contributed by atoms with Gasteiger partial charge in [-0.1, -0.05) is 12.1 Å². The van der Waals surface area contributed by atoms with Gasteiger partial charge in [0.1, 0.15) is 11.2 Å². The van der Waals surface area contributed by atoms with Crippen LogP contribution in [-0.2, 0) is 14.9 Å². The van der Waals surface area contributed by atoms with Gasteiger partial charge in [0.05, 0.1) is 7.11 Å². The number of carbonyl (C=O) groups is 1. The van der Waals surface area contributed by atoms with E-state index < -0.39 is 17.2 Å². The smallest absolute Gasteiger partial charge is 0.317 e. The summed E-state index contributed by atoms with van der Waals surface area (Å²) < 4.78 is 17.9. The Morgan fingerprint density at radius 3 is 2.76 bits per heavy atom. The number of aliphatic hydroxyl groups excluding tert-OH is 1. The summed E-state index contributed by atoms with van der Waals surface area (Å²) in [6.45, 7) is -0.285. The van der Waals surface area contributed by atoms with E-state index in [0.717, 1.165) is 0 Å². The lowest BCUT2D eigenvalue weighted by Crippen LogP contribution is -2.44. The van der Waals surface area contributed by atoms with E-state index in [0.29, 0.717) is 5.56 Å². The lowest BCUT2D eigenvalue weighted by atomic mass is 9.77. The van der Waals surface area contributed by atoms with Crippen molar-refractivity contribution in [2.24, 2.45) is 5.73 Å². The van der Waals surface area contributed by atoms with Gasteiger partial charge in [0.2, 0.25) is 0 Å². The Morgan fingerprint density at radius 1 is 1.59 bits per heavy atom. The molecule has 1 aromatic carbocycles. The lowest BCUT2D eigenvalue weighted by Gasteiger charge is -2.29. The summed E-state index contributed by atoms with van der Waals surface area (Å²) in [6, 6.07) is 5.61. The average molecular weight is 241 g/mol. The van der Waals surface area contributed by atoms with Gasteiger partial charge in [0.25, 0.3) is 0 Å². The van der Waals surface area contributed by atoms with Gasteiger partial charge in [-0.05, 0) is 24.1 Å². The quantitative estimate of drug-likeness (QED) is 0.739. The van der Waals surface area contributed by atoms with Gasteiger partial charge >= 0.3 is 5.97 Å². The minimum absolute atomic E-state index is 0.0519. The van der Waals surface area contributed by atoms with Crippen molar-refractivity contribution in [3.63, 3.8) is 0 Å². The Bertz CT molecular complexity index is 397. The number of aliphatic hydroxyl groups is 1. The fourth-order valence-electron chi connectivity index (χ4n) is 1.84. The van der Waals surface area contributed by atoms with E-state index in [4.69, 9.17) is 15.6 Å². The molecule has 1 atom stereocenters. The van der Waals surface area contributed by atoms with Crippen LogP contribution in [0.1, 0.15) is 12.0 Å². The maximum atomic E-state index is 13.2. The van der Waals surface area contributed by atoms with Gasteiger partial charge in [0.15, 0.2) is 0 Å². The van der Waals surface area contributed by atoms with E-state index in [2.05, 4.69) is 0 Å². The van der Waals surface area contributed by atoms with Crippen molar-refractivity contribution in [1.29, 1.82) is 0 Å². The van der Waals surface area contributed by atoms with Crippen LogP contribution in [0.25, 0.3) is 0 Å². The first-order chi connectivity index (χ1) is 8.10. The lowest BCUT2D eigenvalue weighted by molar-refractivity contribution is -0.148. The van der Waals surface area contributed by atoms with Gasteiger partial charge in [-0.15, -0.1) is 0 Å². The number of rotatable bonds is 5. The fraction of sp³-hybridized carbons (Fsp3) is 0.417. The molecule has 1 rings (SSSR count). The summed E-state index contributed by atoms with van der Waals surface area (Å²) in [7, 11) is 1.24. The highest BCUT2D eigenvalue weighted by Crippen LogP contribution is 2.29. The largest absolute Gasteiger partial charge is 0.468 e. The van der Waals surface area contributed by atoms with Crippen molar-refractivity contribution >= 4 is 5.97 Å². The number of esters is 1. The molecule has 0 aliphatic carbocycles. The van der Waals surface area contributed by atoms with Crippen LogP contribution >= 0.6 is 0 Å². The summed E-state index contributed by atoms with van der Waals surface area (Å²) in [5.41, 5.74) is 4.85. The highest BCUT2D eigenvalue weighted by molar-refractivity contribution is 5.83. The van der Waals surface area contributed by atoms with Gasteiger partial charge in [-0.3, -0.25) is 4.79 Å². The van der Waals surface area contributed by atoms with Crippen LogP contribution in [0.2, 0.25) is 0 Å². The van der Waals surface area contributed by atoms with Gasteiger partial charge < -0.3 is 15.6 Å². The van der Waals surface area contributed by atoms with Crippen LogP contribution in [0.5, 0.6) is 0 Å². The molecule has 0 spiro atoms. The molecule has 0 aliphatic rings. The number of benzene rings is 1. The highest BCUT2D eigenvalue weighted by atomic mass is 19.1. The normalized spacial score (nSPS) is 14.1. The molecule has 0 radical (unpaired) electrons. The Balaban J connectivity index is 3.25. The Kier molecular flexibility index (Phi) is 4.60. The summed E-state index contributed by atoms with van der Waals surface area (Å²) in [5, 5.41) is 9.05. The molecule has 0 fully saturated rings. The molecule has 3 N–H and O–H groups in total. The zero-order valence-corrected chi connectivity index (χ0v) is 9.65. The van der Waals surface area contributed by atoms with Crippen molar-refractivity contribution in [3.05, 3.63) is 35.6 Å². The molecular formula is C12H16FNO3. The first-order valence-electron chi connectivity index (χ1n) is 5.26. The summed E-state index contributed by atoms with van der Waals surface area (Å²) in [5.74, 6) is -1.03. The van der Waals surface area contributed by atoms with Gasteiger partial charge in [0, 0.05) is 13.2 Å². The molecule has 1 aromatic rings. The second-order valence-electron chi connectivity index (χ2n) is 3.76. The van der Waals surface area contributed by atoms with E-state index >= 15 is 0 Å². The standard InChI is InChI=1S/C12H16FNO3/c1-17-11(16)12(8-14,5-6-15)9-3-2-4-10(13)7-9/h2-4,7,15H,5-6,8,14H2,1H3. The van der Waals surface area contributed by atoms with E-state index in [1.54, 1.807) is 6.07 Å². The predicted molar refractivity (Wildman–Crippen MR) is 60.9 cm³/mol. The Hall–Kier alpha value is -1.46. The van der Waals surface area contributed by atoms with Crippen molar-refractivity contribution in [2.45, 2.75) is 11.8 Å². The van der Waals surface area contributed by atoms with E-state index in [-0.39, 0.29) is 19.6 Å². The van der Waals surface area contributed by atoms with Crippen LogP contribution in [0.15, 0.2) is 24.3 Å². The van der Waals surface area contributed by atoms with Crippen LogP contribution in [0.3, 0.4) is 0 Å². The fourth-order valence-corrected chi connectivity index (χ4v) is 1.84. The van der Waals surface area contributed by atoms with Crippen LogP contribution in [0, 0.1) is 5.82 Å². The minimum atomic E-state index is -1.19. The van der Waals surface area contributed by atoms with E-state index in [1.807, 2.05) is 0 Å². The molecule has 0 aliphatic heterocycles. The molecule has 0 amide bonds. The first kappa shape index (κ1) is 13.6. The number of carbonyl (C=O) groups excluding carboxylic acids is 1. The van der Waals surface area contributed by atoms with Gasteiger partial charge in [-0.2, -0.15) is 0 Å². The maximum absolute atomic E-state index is 13.2. The number of methoxy groups -OCH3 is 1. The molecule has 0 saturated carbocycles. The van der Waals surface area contributed by atoms with Gasteiger partial charge in [-0.25, -0.2) is 4.39 Å².